The molecule has 0 unspecified atom stereocenters. The molecular formula is C24H21FN5O2P. The van der Waals surface area contributed by atoms with Gasteiger partial charge in [-0.3, -0.25) is 4.40 Å². The number of imidazole rings is 1. The molecule has 33 heavy (non-hydrogen) atoms. The molecule has 0 amide bonds. The van der Waals surface area contributed by atoms with Crippen molar-refractivity contribution < 1.29 is 13.7 Å². The van der Waals surface area contributed by atoms with E-state index in [-0.39, 0.29) is 18.1 Å². The summed E-state index contributed by atoms with van der Waals surface area (Å²) in [5, 5.41) is 13.4. The first kappa shape index (κ1) is 21.2. The maximum Gasteiger partial charge on any atom is 0.208 e. The van der Waals surface area contributed by atoms with E-state index in [1.165, 1.54) is 6.07 Å². The second-order valence-electron chi connectivity index (χ2n) is 8.28. The van der Waals surface area contributed by atoms with Crippen LogP contribution in [0.1, 0.15) is 16.8 Å². The Balaban J connectivity index is 1.52. The highest BCUT2D eigenvalue weighted by molar-refractivity contribution is 7.70. The van der Waals surface area contributed by atoms with Crippen LogP contribution in [0.3, 0.4) is 0 Å². The minimum Gasteiger partial charge on any atom is -0.493 e. The minimum atomic E-state index is -2.36. The lowest BCUT2D eigenvalue weighted by atomic mass is 10.0. The zero-order valence-electron chi connectivity index (χ0n) is 18.2. The maximum absolute atomic E-state index is 14.5. The first-order chi connectivity index (χ1) is 15.8. The van der Waals surface area contributed by atoms with Gasteiger partial charge in [0.25, 0.3) is 0 Å². The molecule has 0 bridgehead atoms. The number of hydrogen-bond acceptors (Lipinski definition) is 6. The van der Waals surface area contributed by atoms with Crippen molar-refractivity contribution in [3.8, 4) is 22.9 Å². The minimum absolute atomic E-state index is 0.219. The molecule has 166 valence electrons. The van der Waals surface area contributed by atoms with Crippen molar-refractivity contribution in [1.29, 1.82) is 5.26 Å². The van der Waals surface area contributed by atoms with Crippen molar-refractivity contribution in [2.45, 2.75) is 13.0 Å². The molecule has 2 aromatic carbocycles. The highest BCUT2D eigenvalue weighted by Crippen LogP contribution is 2.35. The van der Waals surface area contributed by atoms with Crippen molar-refractivity contribution in [3.63, 3.8) is 0 Å². The van der Waals surface area contributed by atoms with E-state index in [1.807, 2.05) is 24.3 Å². The van der Waals surface area contributed by atoms with Gasteiger partial charge < -0.3 is 14.6 Å². The molecule has 1 N–H and O–H groups in total. The van der Waals surface area contributed by atoms with Gasteiger partial charge in [0.2, 0.25) is 5.95 Å². The van der Waals surface area contributed by atoms with Crippen molar-refractivity contribution in [2.24, 2.45) is 0 Å². The van der Waals surface area contributed by atoms with E-state index in [0.717, 1.165) is 22.0 Å². The lowest BCUT2D eigenvalue weighted by Crippen LogP contribution is -2.10. The van der Waals surface area contributed by atoms with E-state index < -0.39 is 7.14 Å². The number of anilines is 1. The van der Waals surface area contributed by atoms with Crippen LogP contribution in [0.4, 0.5) is 10.3 Å². The summed E-state index contributed by atoms with van der Waals surface area (Å²) < 4.78 is 34.1. The molecule has 5 rings (SSSR count). The fourth-order valence-electron chi connectivity index (χ4n) is 4.04. The number of fused-ring (bicyclic) bond motifs is 2. The number of halogens is 1. The molecule has 0 saturated carbocycles. The number of nitriles is 1. The van der Waals surface area contributed by atoms with Gasteiger partial charge in [-0.15, -0.1) is 0 Å². The van der Waals surface area contributed by atoms with Crippen molar-refractivity contribution in [3.05, 3.63) is 71.4 Å². The van der Waals surface area contributed by atoms with E-state index in [4.69, 9.17) is 4.74 Å². The maximum atomic E-state index is 14.5. The smallest absolute Gasteiger partial charge is 0.208 e. The Labute approximate surface area is 190 Å². The summed E-state index contributed by atoms with van der Waals surface area (Å²) in [5.41, 5.74) is 3.78. The van der Waals surface area contributed by atoms with Crippen LogP contribution in [-0.2, 0) is 17.5 Å². The molecule has 0 fully saturated rings. The molecule has 0 atom stereocenters. The molecular weight excluding hydrogens is 440 g/mol. The SMILES string of the molecule is CP(C)(=O)c1ccc(-c2cnc(NCc3c(F)ccc4c3CCO4)n3cc(C#N)nc23)cc1. The molecule has 3 heterocycles. The first-order valence-electron chi connectivity index (χ1n) is 10.5. The van der Waals surface area contributed by atoms with Crippen LogP contribution in [0.5, 0.6) is 5.75 Å². The van der Waals surface area contributed by atoms with Crippen molar-refractivity contribution in [2.75, 3.05) is 25.3 Å². The zero-order chi connectivity index (χ0) is 23.2. The Morgan fingerprint density at radius 1 is 1.24 bits per heavy atom. The quantitative estimate of drug-likeness (QED) is 0.448. The molecule has 0 radical (unpaired) electrons. The molecule has 1 aliphatic heterocycles. The van der Waals surface area contributed by atoms with E-state index in [9.17, 15) is 14.2 Å². The van der Waals surface area contributed by atoms with Gasteiger partial charge in [0.05, 0.1) is 12.8 Å². The summed E-state index contributed by atoms with van der Waals surface area (Å²) >= 11 is 0. The fourth-order valence-corrected chi connectivity index (χ4v) is 4.91. The lowest BCUT2D eigenvalue weighted by molar-refractivity contribution is 0.356. The number of hydrogen-bond donors (Lipinski definition) is 1. The Kier molecular flexibility index (Phi) is 5.15. The number of aromatic nitrogens is 3. The third-order valence-electron chi connectivity index (χ3n) is 5.77. The largest absolute Gasteiger partial charge is 0.493 e. The number of rotatable bonds is 5. The standard InChI is InChI=1S/C24H21FN5O2P/c1-33(2,31)17-5-3-15(4-6-17)19-12-27-24(30-14-16(11-26)29-23(19)30)28-13-20-18-9-10-32-22(18)8-7-21(20)25/h3-8,12,14H,9-10,13H2,1-2H3,(H,27,28). The summed E-state index contributed by atoms with van der Waals surface area (Å²) in [6.45, 7) is 4.22. The van der Waals surface area contributed by atoms with Gasteiger partial charge in [-0.1, -0.05) is 24.3 Å². The highest BCUT2D eigenvalue weighted by Gasteiger charge is 2.20. The average Bonchev–Trinajstić information content (AvgIpc) is 3.45. The lowest BCUT2D eigenvalue weighted by Gasteiger charge is -2.13. The molecule has 7 nitrogen and oxygen atoms in total. The van der Waals surface area contributed by atoms with Crippen LogP contribution in [0.15, 0.2) is 48.8 Å². The predicted molar refractivity (Wildman–Crippen MR) is 125 cm³/mol. The molecule has 9 heteroatoms. The normalized spacial score (nSPS) is 12.9. The monoisotopic (exact) mass is 461 g/mol. The Hall–Kier alpha value is -3.69. The second-order valence-corrected chi connectivity index (χ2v) is 11.5. The van der Waals surface area contributed by atoms with Crippen LogP contribution >= 0.6 is 7.14 Å². The van der Waals surface area contributed by atoms with E-state index in [0.29, 0.717) is 35.9 Å². The van der Waals surface area contributed by atoms with Gasteiger partial charge in [0.1, 0.15) is 24.8 Å². The number of ether oxygens (including phenoxy) is 1. The molecule has 4 aromatic rings. The van der Waals surface area contributed by atoms with Gasteiger partial charge in [-0.25, -0.2) is 14.4 Å². The van der Waals surface area contributed by atoms with E-state index in [2.05, 4.69) is 21.4 Å². The summed E-state index contributed by atoms with van der Waals surface area (Å²) in [6.07, 6.45) is 3.94. The summed E-state index contributed by atoms with van der Waals surface area (Å²) in [7, 11) is -2.36. The Morgan fingerprint density at radius 2 is 2.03 bits per heavy atom. The molecule has 0 spiro atoms. The van der Waals surface area contributed by atoms with E-state index >= 15 is 0 Å². The van der Waals surface area contributed by atoms with Gasteiger partial charge >= 0.3 is 0 Å². The van der Waals surface area contributed by atoms with Crippen LogP contribution in [-0.4, -0.2) is 34.3 Å². The van der Waals surface area contributed by atoms with Crippen LogP contribution in [0.25, 0.3) is 16.8 Å². The van der Waals surface area contributed by atoms with Gasteiger partial charge in [-0.05, 0) is 31.0 Å². The third-order valence-corrected chi connectivity index (χ3v) is 7.31. The highest BCUT2D eigenvalue weighted by atomic mass is 31.2. The van der Waals surface area contributed by atoms with Crippen molar-refractivity contribution >= 4 is 24.0 Å². The summed E-state index contributed by atoms with van der Waals surface area (Å²) in [6, 6.07) is 12.6. The third kappa shape index (κ3) is 3.85. The van der Waals surface area contributed by atoms with Crippen LogP contribution in [0.2, 0.25) is 0 Å². The Bertz CT molecular complexity index is 1470. The molecule has 1 aliphatic rings. The number of nitrogens with one attached hydrogen (secondary N) is 1. The number of benzene rings is 2. The summed E-state index contributed by atoms with van der Waals surface area (Å²) in [5.74, 6) is 0.859. The zero-order valence-corrected chi connectivity index (χ0v) is 19.1. The van der Waals surface area contributed by atoms with E-state index in [1.54, 1.807) is 36.2 Å². The van der Waals surface area contributed by atoms with Crippen LogP contribution in [0, 0.1) is 17.1 Å². The molecule has 2 aromatic heterocycles. The second kappa shape index (κ2) is 8.02. The van der Waals surface area contributed by atoms with Gasteiger partial charge in [0.15, 0.2) is 11.3 Å². The first-order valence-corrected chi connectivity index (χ1v) is 13.1. The van der Waals surface area contributed by atoms with Crippen LogP contribution < -0.4 is 15.4 Å². The van der Waals surface area contributed by atoms with Crippen molar-refractivity contribution in [1.82, 2.24) is 14.4 Å². The average molecular weight is 461 g/mol. The van der Waals surface area contributed by atoms with Gasteiger partial charge in [0, 0.05) is 41.2 Å². The topological polar surface area (TPSA) is 92.3 Å². The van der Waals surface area contributed by atoms with Gasteiger partial charge in [-0.2, -0.15) is 5.26 Å². The summed E-state index contributed by atoms with van der Waals surface area (Å²) in [4.78, 5) is 8.98. The fraction of sp³-hybridized carbons (Fsp3) is 0.208. The molecule has 0 saturated heterocycles. The Morgan fingerprint density at radius 3 is 2.76 bits per heavy atom. The molecule has 0 aliphatic carbocycles. The number of nitrogens with zero attached hydrogens (tertiary/aromatic N) is 4. The predicted octanol–water partition coefficient (Wildman–Crippen LogP) is 4.20.